The first kappa shape index (κ1) is 20.8. The lowest BCUT2D eigenvalue weighted by Crippen LogP contribution is -2.18. The molecular weight excluding hydrogens is 390 g/mol. The van der Waals surface area contributed by atoms with Crippen molar-refractivity contribution in [3.05, 3.63) is 77.9 Å². The fraction of sp³-hybridized carbons (Fsp3) is 0.269. The summed E-state index contributed by atoms with van der Waals surface area (Å²) in [6.45, 7) is 6.56. The second-order valence-corrected chi connectivity index (χ2v) is 8.19. The lowest BCUT2D eigenvalue weighted by molar-refractivity contribution is -0.117. The summed E-state index contributed by atoms with van der Waals surface area (Å²) >= 11 is 0. The summed E-state index contributed by atoms with van der Waals surface area (Å²) < 4.78 is 16.6. The van der Waals surface area contributed by atoms with Crippen LogP contribution in [0.2, 0.25) is 0 Å². The molecule has 1 amide bonds. The SMILES string of the molecule is CC(C)Cc1ccc([C@@H](C)C(=O)Nc2ccc(Oc3ccc4c(c3)OCO4)cc2)cc1. The summed E-state index contributed by atoms with van der Waals surface area (Å²) in [7, 11) is 0. The van der Waals surface area contributed by atoms with Crippen molar-refractivity contribution in [3.8, 4) is 23.0 Å². The summed E-state index contributed by atoms with van der Waals surface area (Å²) in [6.07, 6.45) is 1.04. The second-order valence-electron chi connectivity index (χ2n) is 8.19. The minimum Gasteiger partial charge on any atom is -0.457 e. The minimum atomic E-state index is -0.238. The van der Waals surface area contributed by atoms with Gasteiger partial charge in [-0.2, -0.15) is 0 Å². The van der Waals surface area contributed by atoms with Crippen LogP contribution >= 0.6 is 0 Å². The van der Waals surface area contributed by atoms with Gasteiger partial charge >= 0.3 is 0 Å². The van der Waals surface area contributed by atoms with Gasteiger partial charge in [-0.25, -0.2) is 0 Å². The van der Waals surface area contributed by atoms with Crippen molar-refractivity contribution in [3.63, 3.8) is 0 Å². The van der Waals surface area contributed by atoms with Gasteiger partial charge in [0.25, 0.3) is 0 Å². The van der Waals surface area contributed by atoms with Gasteiger partial charge in [0.2, 0.25) is 12.7 Å². The van der Waals surface area contributed by atoms with Crippen LogP contribution in [0.25, 0.3) is 0 Å². The normalized spacial score (nSPS) is 13.2. The average molecular weight is 418 g/mol. The minimum absolute atomic E-state index is 0.0407. The van der Waals surface area contributed by atoms with Crippen molar-refractivity contribution < 1.29 is 19.0 Å². The summed E-state index contributed by atoms with van der Waals surface area (Å²) in [4.78, 5) is 12.7. The molecule has 160 valence electrons. The van der Waals surface area contributed by atoms with Crippen LogP contribution in [0, 0.1) is 5.92 Å². The molecule has 3 aromatic rings. The van der Waals surface area contributed by atoms with Gasteiger partial charge in [0.15, 0.2) is 11.5 Å². The first-order chi connectivity index (χ1) is 15.0. The van der Waals surface area contributed by atoms with Gasteiger partial charge in [-0.05, 0) is 66.8 Å². The molecule has 5 nitrogen and oxygen atoms in total. The van der Waals surface area contributed by atoms with Crippen molar-refractivity contribution in [1.29, 1.82) is 0 Å². The Kier molecular flexibility index (Phi) is 6.12. The third-order valence-corrected chi connectivity index (χ3v) is 5.22. The van der Waals surface area contributed by atoms with Gasteiger partial charge < -0.3 is 19.5 Å². The molecule has 0 bridgehead atoms. The van der Waals surface area contributed by atoms with E-state index in [2.05, 4.69) is 31.3 Å². The number of carbonyl (C=O) groups excluding carboxylic acids is 1. The molecule has 0 aliphatic carbocycles. The van der Waals surface area contributed by atoms with Crippen LogP contribution in [-0.4, -0.2) is 12.7 Å². The Labute approximate surface area is 183 Å². The highest BCUT2D eigenvalue weighted by Crippen LogP contribution is 2.36. The van der Waals surface area contributed by atoms with Crippen molar-refractivity contribution in [1.82, 2.24) is 0 Å². The number of carbonyl (C=O) groups is 1. The Bertz CT molecular complexity index is 1040. The van der Waals surface area contributed by atoms with E-state index < -0.39 is 0 Å². The van der Waals surface area contributed by atoms with Gasteiger partial charge in [-0.1, -0.05) is 38.1 Å². The maximum atomic E-state index is 12.7. The zero-order chi connectivity index (χ0) is 21.8. The first-order valence-corrected chi connectivity index (χ1v) is 10.5. The lowest BCUT2D eigenvalue weighted by atomic mass is 9.96. The summed E-state index contributed by atoms with van der Waals surface area (Å²) in [6, 6.07) is 21.1. The number of rotatable bonds is 7. The molecule has 4 rings (SSSR count). The summed E-state index contributed by atoms with van der Waals surface area (Å²) in [5.74, 6) is 3.06. The van der Waals surface area contributed by atoms with E-state index in [-0.39, 0.29) is 18.6 Å². The van der Waals surface area contributed by atoms with Crippen molar-refractivity contribution in [2.24, 2.45) is 5.92 Å². The second kappa shape index (κ2) is 9.13. The molecular formula is C26H27NO4. The van der Waals surface area contributed by atoms with Crippen LogP contribution in [0.3, 0.4) is 0 Å². The molecule has 1 atom stereocenters. The first-order valence-electron chi connectivity index (χ1n) is 10.5. The Morgan fingerprint density at radius 1 is 0.903 bits per heavy atom. The predicted octanol–water partition coefficient (Wildman–Crippen LogP) is 6.15. The highest BCUT2D eigenvalue weighted by atomic mass is 16.7. The number of nitrogens with one attached hydrogen (secondary N) is 1. The molecule has 0 unspecified atom stereocenters. The van der Waals surface area contributed by atoms with Crippen molar-refractivity contribution in [2.75, 3.05) is 12.1 Å². The smallest absolute Gasteiger partial charge is 0.231 e. The molecule has 31 heavy (non-hydrogen) atoms. The molecule has 0 radical (unpaired) electrons. The van der Waals surface area contributed by atoms with E-state index in [4.69, 9.17) is 14.2 Å². The summed E-state index contributed by atoms with van der Waals surface area (Å²) in [5.41, 5.74) is 3.03. The van der Waals surface area contributed by atoms with Crippen LogP contribution in [0.1, 0.15) is 37.8 Å². The zero-order valence-corrected chi connectivity index (χ0v) is 18.1. The number of amides is 1. The Balaban J connectivity index is 1.35. The Morgan fingerprint density at radius 2 is 1.58 bits per heavy atom. The van der Waals surface area contributed by atoms with Crippen LogP contribution in [0.15, 0.2) is 66.7 Å². The lowest BCUT2D eigenvalue weighted by Gasteiger charge is -2.14. The number of hydrogen-bond acceptors (Lipinski definition) is 4. The number of ether oxygens (including phenoxy) is 3. The third kappa shape index (κ3) is 5.18. The van der Waals surface area contributed by atoms with E-state index in [1.807, 2.05) is 55.5 Å². The average Bonchev–Trinajstić information content (AvgIpc) is 3.22. The number of hydrogen-bond donors (Lipinski definition) is 1. The molecule has 0 saturated carbocycles. The molecule has 0 aromatic heterocycles. The standard InChI is InChI=1S/C26H27NO4/c1-17(2)14-19-4-6-20(7-5-19)18(3)26(28)27-21-8-10-22(11-9-21)31-23-12-13-24-25(15-23)30-16-29-24/h4-13,15,17-18H,14,16H2,1-3H3,(H,27,28)/t18-/m1/s1. The molecule has 0 spiro atoms. The molecule has 3 aromatic carbocycles. The number of benzene rings is 3. The molecule has 1 aliphatic heterocycles. The van der Waals surface area contributed by atoms with E-state index in [0.717, 1.165) is 17.7 Å². The van der Waals surface area contributed by atoms with Gasteiger partial charge in [-0.3, -0.25) is 4.79 Å². The Morgan fingerprint density at radius 3 is 2.29 bits per heavy atom. The zero-order valence-electron chi connectivity index (χ0n) is 18.1. The molecule has 0 saturated heterocycles. The quantitative estimate of drug-likeness (QED) is 0.501. The number of anilines is 1. The highest BCUT2D eigenvalue weighted by molar-refractivity contribution is 5.95. The predicted molar refractivity (Wildman–Crippen MR) is 121 cm³/mol. The van der Waals surface area contributed by atoms with Crippen LogP contribution in [0.4, 0.5) is 5.69 Å². The maximum absolute atomic E-state index is 12.7. The largest absolute Gasteiger partial charge is 0.457 e. The summed E-state index contributed by atoms with van der Waals surface area (Å²) in [5, 5.41) is 2.98. The topological polar surface area (TPSA) is 56.8 Å². The van der Waals surface area contributed by atoms with Gasteiger partial charge in [0, 0.05) is 11.8 Å². The number of fused-ring (bicyclic) bond motifs is 1. The maximum Gasteiger partial charge on any atom is 0.231 e. The fourth-order valence-electron chi connectivity index (χ4n) is 3.50. The van der Waals surface area contributed by atoms with E-state index >= 15 is 0 Å². The van der Waals surface area contributed by atoms with Crippen LogP contribution in [-0.2, 0) is 11.2 Å². The van der Waals surface area contributed by atoms with Gasteiger partial charge in [0.1, 0.15) is 11.5 Å². The Hall–Kier alpha value is -3.47. The third-order valence-electron chi connectivity index (χ3n) is 5.22. The van der Waals surface area contributed by atoms with Crippen molar-refractivity contribution >= 4 is 11.6 Å². The highest BCUT2D eigenvalue weighted by Gasteiger charge is 2.16. The molecule has 0 fully saturated rings. The van der Waals surface area contributed by atoms with Gasteiger partial charge in [0.05, 0.1) is 5.92 Å². The van der Waals surface area contributed by atoms with E-state index in [0.29, 0.717) is 28.9 Å². The molecule has 1 heterocycles. The molecule has 5 heteroatoms. The van der Waals surface area contributed by atoms with E-state index in [1.54, 1.807) is 6.07 Å². The fourth-order valence-corrected chi connectivity index (χ4v) is 3.50. The molecule has 1 N–H and O–H groups in total. The molecule has 1 aliphatic rings. The monoisotopic (exact) mass is 417 g/mol. The van der Waals surface area contributed by atoms with Crippen LogP contribution < -0.4 is 19.5 Å². The van der Waals surface area contributed by atoms with Gasteiger partial charge in [-0.15, -0.1) is 0 Å². The van der Waals surface area contributed by atoms with E-state index in [9.17, 15) is 4.79 Å². The van der Waals surface area contributed by atoms with Crippen molar-refractivity contribution in [2.45, 2.75) is 33.1 Å². The van der Waals surface area contributed by atoms with Crippen LogP contribution in [0.5, 0.6) is 23.0 Å². The van der Waals surface area contributed by atoms with E-state index in [1.165, 1.54) is 5.56 Å².